The van der Waals surface area contributed by atoms with Crippen LogP contribution in [0.4, 0.5) is 9.18 Å². The minimum absolute atomic E-state index is 0.0371. The number of carbonyl (C=O) groups is 2. The van der Waals surface area contributed by atoms with Gasteiger partial charge in [-0.05, 0) is 66.5 Å². The fraction of sp³-hybridized carbons (Fsp3) is 0.391. The molecule has 0 saturated heterocycles. The second-order valence-electron chi connectivity index (χ2n) is 8.98. The first kappa shape index (κ1) is 21.5. The fourth-order valence-electron chi connectivity index (χ4n) is 4.25. The van der Waals surface area contributed by atoms with Gasteiger partial charge in [-0.15, -0.1) is 0 Å². The molecule has 0 aromatic heterocycles. The second kappa shape index (κ2) is 7.56. The maximum Gasteiger partial charge on any atom is 0.405 e. The van der Waals surface area contributed by atoms with E-state index in [1.807, 2.05) is 13.0 Å². The van der Waals surface area contributed by atoms with Crippen molar-refractivity contribution in [1.29, 1.82) is 0 Å². The molecule has 0 aliphatic heterocycles. The molecule has 2 aromatic rings. The number of hydrogen-bond acceptors (Lipinski definition) is 2. The highest BCUT2D eigenvalue weighted by atomic mass is 79.9. The predicted octanol–water partition coefficient (Wildman–Crippen LogP) is 5.74. The summed E-state index contributed by atoms with van der Waals surface area (Å²) < 4.78 is 14.4. The van der Waals surface area contributed by atoms with Gasteiger partial charge >= 0.3 is 6.09 Å². The van der Waals surface area contributed by atoms with E-state index in [2.05, 4.69) is 42.0 Å². The number of carbonyl (C=O) groups excluding carboxylic acids is 1. The van der Waals surface area contributed by atoms with Gasteiger partial charge < -0.3 is 10.4 Å². The molecule has 1 saturated carbocycles. The molecule has 1 amide bonds. The minimum atomic E-state index is -1.04. The lowest BCUT2D eigenvalue weighted by molar-refractivity contribution is 0.103. The third kappa shape index (κ3) is 4.53. The number of ketones is 1. The van der Waals surface area contributed by atoms with Gasteiger partial charge in [0.05, 0.1) is 5.54 Å². The summed E-state index contributed by atoms with van der Waals surface area (Å²) in [5.41, 5.74) is 1.82. The lowest BCUT2D eigenvalue weighted by Crippen LogP contribution is -2.41. The number of rotatable bonds is 5. The van der Waals surface area contributed by atoms with Crippen molar-refractivity contribution in [2.45, 2.75) is 46.1 Å². The molecule has 2 atom stereocenters. The van der Waals surface area contributed by atoms with Crippen LogP contribution in [0.15, 0.2) is 40.9 Å². The summed E-state index contributed by atoms with van der Waals surface area (Å²) in [6.45, 7) is 8.15. The van der Waals surface area contributed by atoms with Crippen molar-refractivity contribution in [2.24, 2.45) is 11.3 Å². The topological polar surface area (TPSA) is 66.4 Å². The molecule has 2 N–H and O–H groups in total. The summed E-state index contributed by atoms with van der Waals surface area (Å²) in [5.74, 6) is -0.513. The van der Waals surface area contributed by atoms with Crippen LogP contribution in [0, 0.1) is 24.1 Å². The Hall–Kier alpha value is -2.21. The van der Waals surface area contributed by atoms with Crippen molar-refractivity contribution in [3.63, 3.8) is 0 Å². The molecule has 0 heterocycles. The van der Waals surface area contributed by atoms with Gasteiger partial charge in [-0.2, -0.15) is 0 Å². The quantitative estimate of drug-likeness (QED) is 0.557. The summed E-state index contributed by atoms with van der Waals surface area (Å²) in [6.07, 6.45) is 0.198. The van der Waals surface area contributed by atoms with Crippen molar-refractivity contribution in [1.82, 2.24) is 5.32 Å². The highest BCUT2D eigenvalue weighted by molar-refractivity contribution is 9.10. The molecule has 3 rings (SSSR count). The molecule has 1 aliphatic rings. The highest BCUT2D eigenvalue weighted by Gasteiger charge is 2.59. The molecule has 1 aliphatic carbocycles. The number of hydrogen-bond donors (Lipinski definition) is 2. The van der Waals surface area contributed by atoms with E-state index in [0.29, 0.717) is 12.0 Å². The van der Waals surface area contributed by atoms with E-state index < -0.39 is 17.4 Å². The average molecular weight is 462 g/mol. The van der Waals surface area contributed by atoms with Gasteiger partial charge in [0.25, 0.3) is 0 Å². The molecule has 1 fully saturated rings. The van der Waals surface area contributed by atoms with E-state index in [4.69, 9.17) is 0 Å². The third-order valence-electron chi connectivity index (χ3n) is 5.73. The first-order valence-electron chi connectivity index (χ1n) is 9.53. The van der Waals surface area contributed by atoms with Crippen molar-refractivity contribution < 1.29 is 19.1 Å². The van der Waals surface area contributed by atoms with Gasteiger partial charge in [-0.1, -0.05) is 48.8 Å². The van der Waals surface area contributed by atoms with Crippen LogP contribution >= 0.6 is 15.9 Å². The molecule has 0 radical (unpaired) electrons. The SMILES string of the molecule is Cc1c(Br)cc(CC2(NC(=O)O)CC2C(C)(C)C)cc1C(=O)c1cccc(F)c1. The smallest absolute Gasteiger partial charge is 0.405 e. The van der Waals surface area contributed by atoms with Crippen molar-refractivity contribution in [3.05, 3.63) is 68.9 Å². The van der Waals surface area contributed by atoms with Gasteiger partial charge in [-0.25, -0.2) is 9.18 Å². The Kier molecular flexibility index (Phi) is 5.60. The van der Waals surface area contributed by atoms with Crippen LogP contribution in [0.3, 0.4) is 0 Å². The molecule has 2 aromatic carbocycles. The highest BCUT2D eigenvalue weighted by Crippen LogP contribution is 2.55. The summed E-state index contributed by atoms with van der Waals surface area (Å²) in [4.78, 5) is 24.4. The largest absolute Gasteiger partial charge is 0.465 e. The number of carboxylic acid groups (broad SMARTS) is 1. The van der Waals surface area contributed by atoms with Crippen LogP contribution in [0.25, 0.3) is 0 Å². The standard InChI is InChI=1S/C23H25BrFNO3/c1-13-17(20(27)15-6-5-7-16(25)10-15)8-14(9-18(13)24)11-23(26-21(28)29)12-19(23)22(2,3)4/h5-10,19,26H,11-12H2,1-4H3,(H,28,29). The molecule has 0 bridgehead atoms. The van der Waals surface area contributed by atoms with E-state index in [1.165, 1.54) is 18.2 Å². The summed E-state index contributed by atoms with van der Waals surface area (Å²) >= 11 is 3.52. The molecule has 0 spiro atoms. The fourth-order valence-corrected chi connectivity index (χ4v) is 4.76. The van der Waals surface area contributed by atoms with E-state index in [9.17, 15) is 19.1 Å². The monoisotopic (exact) mass is 461 g/mol. The van der Waals surface area contributed by atoms with Crippen LogP contribution in [0.2, 0.25) is 0 Å². The Balaban J connectivity index is 1.97. The maximum absolute atomic E-state index is 13.6. The number of amides is 1. The average Bonchev–Trinajstić information content (AvgIpc) is 3.30. The Morgan fingerprint density at radius 3 is 2.52 bits per heavy atom. The van der Waals surface area contributed by atoms with Crippen LogP contribution in [0.1, 0.15) is 54.2 Å². The molecule has 2 unspecified atom stereocenters. The van der Waals surface area contributed by atoms with Crippen LogP contribution in [0.5, 0.6) is 0 Å². The summed E-state index contributed by atoms with van der Waals surface area (Å²) in [6, 6.07) is 9.37. The predicted molar refractivity (Wildman–Crippen MR) is 114 cm³/mol. The Morgan fingerprint density at radius 2 is 1.97 bits per heavy atom. The van der Waals surface area contributed by atoms with Gasteiger partial charge in [0.1, 0.15) is 5.82 Å². The van der Waals surface area contributed by atoms with E-state index in [0.717, 1.165) is 22.0 Å². The van der Waals surface area contributed by atoms with E-state index >= 15 is 0 Å². The van der Waals surface area contributed by atoms with E-state index in [-0.39, 0.29) is 22.7 Å². The minimum Gasteiger partial charge on any atom is -0.465 e. The molecule has 154 valence electrons. The zero-order valence-corrected chi connectivity index (χ0v) is 18.6. The molecule has 4 nitrogen and oxygen atoms in total. The molecule has 6 heteroatoms. The Labute approximate surface area is 178 Å². The Bertz CT molecular complexity index is 983. The van der Waals surface area contributed by atoms with Crippen molar-refractivity contribution in [2.75, 3.05) is 0 Å². The number of benzene rings is 2. The lowest BCUT2D eigenvalue weighted by Gasteiger charge is -2.25. The molecular weight excluding hydrogens is 437 g/mol. The van der Waals surface area contributed by atoms with Gasteiger partial charge in [0, 0.05) is 15.6 Å². The number of halogens is 2. The molecule has 29 heavy (non-hydrogen) atoms. The van der Waals surface area contributed by atoms with Crippen molar-refractivity contribution >= 4 is 27.8 Å². The van der Waals surface area contributed by atoms with Crippen LogP contribution in [-0.4, -0.2) is 22.5 Å². The van der Waals surface area contributed by atoms with Crippen molar-refractivity contribution in [3.8, 4) is 0 Å². The third-order valence-corrected chi connectivity index (χ3v) is 6.56. The number of nitrogens with one attached hydrogen (secondary N) is 1. The normalized spacial score (nSPS) is 21.0. The summed E-state index contributed by atoms with van der Waals surface area (Å²) in [7, 11) is 0. The lowest BCUT2D eigenvalue weighted by atomic mass is 9.85. The van der Waals surface area contributed by atoms with Gasteiger partial charge in [-0.3, -0.25) is 4.79 Å². The van der Waals surface area contributed by atoms with Gasteiger partial charge in [0.15, 0.2) is 5.78 Å². The maximum atomic E-state index is 13.6. The zero-order valence-electron chi connectivity index (χ0n) is 17.0. The van der Waals surface area contributed by atoms with Gasteiger partial charge in [0.2, 0.25) is 0 Å². The van der Waals surface area contributed by atoms with Crippen LogP contribution < -0.4 is 5.32 Å². The van der Waals surface area contributed by atoms with Crippen LogP contribution in [-0.2, 0) is 6.42 Å². The van der Waals surface area contributed by atoms with E-state index in [1.54, 1.807) is 12.1 Å². The second-order valence-corrected chi connectivity index (χ2v) is 9.83. The summed E-state index contributed by atoms with van der Waals surface area (Å²) in [5, 5.41) is 12.1. The first-order valence-corrected chi connectivity index (χ1v) is 10.3. The zero-order chi connectivity index (χ0) is 21.6. The molecular formula is C23H25BrFNO3. The first-order chi connectivity index (χ1) is 13.4. The Morgan fingerprint density at radius 1 is 1.28 bits per heavy atom.